The van der Waals surface area contributed by atoms with Crippen LogP contribution in [-0.4, -0.2) is 29.4 Å². The summed E-state index contributed by atoms with van der Waals surface area (Å²) in [6.07, 6.45) is 5.41. The third-order valence-corrected chi connectivity index (χ3v) is 4.52. The van der Waals surface area contributed by atoms with E-state index >= 15 is 0 Å². The molecule has 0 unspecified atom stereocenters. The van der Waals surface area contributed by atoms with Crippen LogP contribution in [0.1, 0.15) is 35.7 Å². The minimum atomic E-state index is 0.00147. The molecule has 4 nitrogen and oxygen atoms in total. The second kappa shape index (κ2) is 8.11. The lowest BCUT2D eigenvalue weighted by molar-refractivity contribution is 0.0793. The fourth-order valence-electron chi connectivity index (χ4n) is 2.23. The highest BCUT2D eigenvalue weighted by molar-refractivity contribution is 9.10. The summed E-state index contributed by atoms with van der Waals surface area (Å²) < 4.78 is 1.07. The molecule has 1 amide bonds. The summed E-state index contributed by atoms with van der Waals surface area (Å²) in [4.78, 5) is 18.3. The molecule has 0 aliphatic rings. The Kier molecular flexibility index (Phi) is 6.16. The van der Waals surface area contributed by atoms with Crippen molar-refractivity contribution < 1.29 is 4.79 Å². The van der Waals surface area contributed by atoms with E-state index in [-0.39, 0.29) is 5.91 Å². The van der Waals surface area contributed by atoms with Gasteiger partial charge in [-0.3, -0.25) is 9.78 Å². The van der Waals surface area contributed by atoms with Crippen LogP contribution < -0.4 is 5.32 Å². The Hall–Kier alpha value is -1.88. The third kappa shape index (κ3) is 4.79. The van der Waals surface area contributed by atoms with Crippen LogP contribution in [0.25, 0.3) is 0 Å². The van der Waals surface area contributed by atoms with E-state index in [1.807, 2.05) is 38.2 Å². The number of anilines is 2. The van der Waals surface area contributed by atoms with E-state index in [0.717, 1.165) is 40.8 Å². The van der Waals surface area contributed by atoms with Crippen molar-refractivity contribution >= 4 is 33.2 Å². The number of pyridine rings is 1. The first-order valence-electron chi connectivity index (χ1n) is 7.75. The minimum Gasteiger partial charge on any atom is -0.354 e. The fourth-order valence-corrected chi connectivity index (χ4v) is 2.48. The van der Waals surface area contributed by atoms with Crippen LogP contribution in [0.2, 0.25) is 0 Å². The molecule has 0 spiro atoms. The van der Waals surface area contributed by atoms with Crippen LogP contribution in [0.3, 0.4) is 0 Å². The Balaban J connectivity index is 2.13. The Morgan fingerprint density at radius 2 is 2.04 bits per heavy atom. The average molecular weight is 376 g/mol. The molecule has 0 radical (unpaired) electrons. The van der Waals surface area contributed by atoms with E-state index in [1.165, 1.54) is 0 Å². The van der Waals surface area contributed by atoms with Crippen molar-refractivity contribution in [3.05, 3.63) is 52.3 Å². The molecule has 122 valence electrons. The van der Waals surface area contributed by atoms with E-state index < -0.39 is 0 Å². The van der Waals surface area contributed by atoms with Crippen molar-refractivity contribution in [1.82, 2.24) is 9.88 Å². The molecular weight excluding hydrogens is 354 g/mol. The topological polar surface area (TPSA) is 45.2 Å². The molecule has 0 bridgehead atoms. The van der Waals surface area contributed by atoms with Gasteiger partial charge in [0.2, 0.25) is 0 Å². The molecule has 0 atom stereocenters. The quantitative estimate of drug-likeness (QED) is 0.790. The highest BCUT2D eigenvalue weighted by Crippen LogP contribution is 2.23. The van der Waals surface area contributed by atoms with Gasteiger partial charge in [-0.1, -0.05) is 29.3 Å². The summed E-state index contributed by atoms with van der Waals surface area (Å²) in [6.45, 7) is 4.92. The molecule has 1 heterocycles. The van der Waals surface area contributed by atoms with Gasteiger partial charge in [0, 0.05) is 29.9 Å². The monoisotopic (exact) mass is 375 g/mol. The number of hydrogen-bond acceptors (Lipinski definition) is 3. The first-order valence-corrected chi connectivity index (χ1v) is 8.54. The standard InChI is InChI=1S/C18H22BrN3O/c1-4-5-8-22(3)18(23)14-10-16(12-20-11-14)21-15-6-7-17(19)13(2)9-15/h6-7,9-12,21H,4-5,8H2,1-3H3. The molecule has 1 aromatic heterocycles. The van der Waals surface area contributed by atoms with Crippen molar-refractivity contribution in [3.63, 3.8) is 0 Å². The molecular formula is C18H22BrN3O. The number of hydrogen-bond donors (Lipinski definition) is 1. The number of benzene rings is 1. The van der Waals surface area contributed by atoms with Crippen molar-refractivity contribution in [2.45, 2.75) is 26.7 Å². The van der Waals surface area contributed by atoms with Crippen molar-refractivity contribution in [3.8, 4) is 0 Å². The zero-order valence-electron chi connectivity index (χ0n) is 13.8. The maximum atomic E-state index is 12.4. The van der Waals surface area contributed by atoms with E-state index in [2.05, 4.69) is 33.2 Å². The predicted molar refractivity (Wildman–Crippen MR) is 98.3 cm³/mol. The maximum Gasteiger partial charge on any atom is 0.255 e. The first kappa shape index (κ1) is 17.5. The zero-order chi connectivity index (χ0) is 16.8. The van der Waals surface area contributed by atoms with Crippen LogP contribution in [0, 0.1) is 6.92 Å². The molecule has 2 aromatic rings. The van der Waals surface area contributed by atoms with Gasteiger partial charge >= 0.3 is 0 Å². The van der Waals surface area contributed by atoms with Crippen LogP contribution >= 0.6 is 15.9 Å². The van der Waals surface area contributed by atoms with E-state index in [4.69, 9.17) is 0 Å². The fraction of sp³-hybridized carbons (Fsp3) is 0.333. The van der Waals surface area contributed by atoms with Crippen molar-refractivity contribution in [1.29, 1.82) is 0 Å². The third-order valence-electron chi connectivity index (χ3n) is 3.63. The van der Waals surface area contributed by atoms with Crippen LogP contribution in [0.5, 0.6) is 0 Å². The molecule has 5 heteroatoms. The van der Waals surface area contributed by atoms with Gasteiger partial charge in [0.05, 0.1) is 17.4 Å². The van der Waals surface area contributed by atoms with Gasteiger partial charge in [-0.05, 0) is 43.2 Å². The molecule has 2 rings (SSSR count). The number of carbonyl (C=O) groups is 1. The van der Waals surface area contributed by atoms with E-state index in [0.29, 0.717) is 5.56 Å². The largest absolute Gasteiger partial charge is 0.354 e. The van der Waals surface area contributed by atoms with Crippen LogP contribution in [0.15, 0.2) is 41.1 Å². The highest BCUT2D eigenvalue weighted by atomic mass is 79.9. The van der Waals surface area contributed by atoms with Crippen molar-refractivity contribution in [2.75, 3.05) is 18.9 Å². The summed E-state index contributed by atoms with van der Waals surface area (Å²) >= 11 is 3.49. The van der Waals surface area contributed by atoms with E-state index in [1.54, 1.807) is 17.3 Å². The summed E-state index contributed by atoms with van der Waals surface area (Å²) in [7, 11) is 1.83. The Labute approximate surface area is 146 Å². The summed E-state index contributed by atoms with van der Waals surface area (Å²) in [5, 5.41) is 3.30. The second-order valence-electron chi connectivity index (χ2n) is 5.63. The minimum absolute atomic E-state index is 0.00147. The number of aryl methyl sites for hydroxylation is 1. The molecule has 0 saturated carbocycles. The zero-order valence-corrected chi connectivity index (χ0v) is 15.4. The number of rotatable bonds is 6. The number of halogens is 1. The highest BCUT2D eigenvalue weighted by Gasteiger charge is 2.12. The van der Waals surface area contributed by atoms with Gasteiger partial charge in [0.1, 0.15) is 0 Å². The molecule has 1 N–H and O–H groups in total. The Morgan fingerprint density at radius 1 is 1.26 bits per heavy atom. The number of aromatic nitrogens is 1. The number of unbranched alkanes of at least 4 members (excludes halogenated alkanes) is 1. The van der Waals surface area contributed by atoms with Crippen LogP contribution in [0.4, 0.5) is 11.4 Å². The normalized spacial score (nSPS) is 10.4. The number of carbonyl (C=O) groups excluding carboxylic acids is 1. The summed E-state index contributed by atoms with van der Waals surface area (Å²) in [6, 6.07) is 7.87. The van der Waals surface area contributed by atoms with Gasteiger partial charge in [-0.2, -0.15) is 0 Å². The molecule has 0 saturated heterocycles. The number of amides is 1. The lowest BCUT2D eigenvalue weighted by Gasteiger charge is -2.17. The average Bonchev–Trinajstić information content (AvgIpc) is 2.55. The first-order chi connectivity index (χ1) is 11.0. The smallest absolute Gasteiger partial charge is 0.255 e. The number of nitrogens with zero attached hydrogens (tertiary/aromatic N) is 2. The van der Waals surface area contributed by atoms with Crippen LogP contribution in [-0.2, 0) is 0 Å². The lowest BCUT2D eigenvalue weighted by atomic mass is 10.2. The summed E-state index contributed by atoms with van der Waals surface area (Å²) in [5.41, 5.74) is 3.52. The predicted octanol–water partition coefficient (Wildman–Crippen LogP) is 4.77. The Morgan fingerprint density at radius 3 is 2.74 bits per heavy atom. The maximum absolute atomic E-state index is 12.4. The van der Waals surface area contributed by atoms with Gasteiger partial charge in [0.25, 0.3) is 5.91 Å². The van der Waals surface area contributed by atoms with Crippen molar-refractivity contribution in [2.24, 2.45) is 0 Å². The summed E-state index contributed by atoms with van der Waals surface area (Å²) in [5.74, 6) is 0.00147. The van der Waals surface area contributed by atoms with E-state index in [9.17, 15) is 4.79 Å². The molecule has 0 fully saturated rings. The SMILES string of the molecule is CCCCN(C)C(=O)c1cncc(Nc2ccc(Br)c(C)c2)c1. The Bertz CT molecular complexity index is 688. The molecule has 1 aromatic carbocycles. The number of nitrogens with one attached hydrogen (secondary N) is 1. The van der Waals surface area contributed by atoms with Gasteiger partial charge in [-0.15, -0.1) is 0 Å². The van der Waals surface area contributed by atoms with Gasteiger partial charge < -0.3 is 10.2 Å². The van der Waals surface area contributed by atoms with Gasteiger partial charge in [-0.25, -0.2) is 0 Å². The molecule has 0 aliphatic heterocycles. The second-order valence-corrected chi connectivity index (χ2v) is 6.49. The van der Waals surface area contributed by atoms with Gasteiger partial charge in [0.15, 0.2) is 0 Å². The molecule has 23 heavy (non-hydrogen) atoms. The molecule has 0 aliphatic carbocycles. The lowest BCUT2D eigenvalue weighted by Crippen LogP contribution is -2.27.